The molecule has 0 saturated heterocycles. The lowest BCUT2D eigenvalue weighted by Crippen LogP contribution is -2.24. The van der Waals surface area contributed by atoms with Gasteiger partial charge >= 0.3 is 5.97 Å². The summed E-state index contributed by atoms with van der Waals surface area (Å²) in [6.45, 7) is 2.68. The number of ether oxygens (including phenoxy) is 1. The molecule has 1 aliphatic carbocycles. The molecule has 1 N–H and O–H groups in total. The topological polar surface area (TPSA) is 72.5 Å². The van der Waals surface area contributed by atoms with Gasteiger partial charge < -0.3 is 4.74 Å². The predicted octanol–water partition coefficient (Wildman–Crippen LogP) is 1.69. The smallest absolute Gasteiger partial charge is 0.306 e. The van der Waals surface area contributed by atoms with Crippen LogP contribution in [0.3, 0.4) is 0 Å². The minimum absolute atomic E-state index is 0.0791. The normalized spacial score (nSPS) is 24.1. The van der Waals surface area contributed by atoms with Crippen molar-refractivity contribution in [2.24, 2.45) is 11.8 Å². The Labute approximate surface area is 116 Å². The molecule has 0 amide bonds. The van der Waals surface area contributed by atoms with E-state index in [1.165, 1.54) is 32.7 Å². The standard InChI is InChI=1S/C13H25NO4S/c1-11-4-3-5-12(10-11)6-8-18-13(15)7-9-19(16,17)14-2/h11-12,14H,3-10H2,1-2H3/t11-,12+/m0/s1. The molecule has 0 radical (unpaired) electrons. The average molecular weight is 291 g/mol. The van der Waals surface area contributed by atoms with E-state index in [0.717, 1.165) is 12.3 Å². The molecule has 0 unspecified atom stereocenters. The van der Waals surface area contributed by atoms with Crippen molar-refractivity contribution in [2.45, 2.75) is 45.4 Å². The molecule has 2 atom stereocenters. The van der Waals surface area contributed by atoms with E-state index in [4.69, 9.17) is 4.74 Å². The molecule has 0 aromatic heterocycles. The lowest BCUT2D eigenvalue weighted by Gasteiger charge is -2.26. The van der Waals surface area contributed by atoms with Gasteiger partial charge in [0, 0.05) is 0 Å². The summed E-state index contributed by atoms with van der Waals surface area (Å²) in [6.07, 6.45) is 5.82. The fourth-order valence-corrected chi connectivity index (χ4v) is 3.19. The van der Waals surface area contributed by atoms with Gasteiger partial charge in [-0.25, -0.2) is 13.1 Å². The lowest BCUT2D eigenvalue weighted by atomic mass is 9.81. The van der Waals surface area contributed by atoms with E-state index in [-0.39, 0.29) is 12.2 Å². The Morgan fingerprint density at radius 3 is 2.74 bits per heavy atom. The van der Waals surface area contributed by atoms with Crippen molar-refractivity contribution in [3.05, 3.63) is 0 Å². The summed E-state index contributed by atoms with van der Waals surface area (Å²) >= 11 is 0. The Morgan fingerprint density at radius 1 is 1.37 bits per heavy atom. The Balaban J connectivity index is 2.13. The molecule has 112 valence electrons. The van der Waals surface area contributed by atoms with E-state index in [1.54, 1.807) is 0 Å². The maximum Gasteiger partial charge on any atom is 0.306 e. The second-order valence-electron chi connectivity index (χ2n) is 5.42. The van der Waals surface area contributed by atoms with Crippen LogP contribution in [0.2, 0.25) is 0 Å². The third-order valence-corrected chi connectivity index (χ3v) is 5.08. The summed E-state index contributed by atoms with van der Waals surface area (Å²) in [5.74, 6) is 0.790. The summed E-state index contributed by atoms with van der Waals surface area (Å²) < 4.78 is 29.5. The minimum Gasteiger partial charge on any atom is -0.466 e. The Bertz CT molecular complexity index is 380. The number of nitrogens with one attached hydrogen (secondary N) is 1. The van der Waals surface area contributed by atoms with Crippen LogP contribution in [0.15, 0.2) is 0 Å². The third-order valence-electron chi connectivity index (χ3n) is 3.72. The zero-order valence-electron chi connectivity index (χ0n) is 11.9. The summed E-state index contributed by atoms with van der Waals surface area (Å²) in [5, 5.41) is 0. The van der Waals surface area contributed by atoms with Crippen LogP contribution < -0.4 is 4.72 Å². The van der Waals surface area contributed by atoms with Gasteiger partial charge in [-0.2, -0.15) is 0 Å². The first-order chi connectivity index (χ1) is 8.93. The number of hydrogen-bond donors (Lipinski definition) is 1. The van der Waals surface area contributed by atoms with E-state index < -0.39 is 16.0 Å². The van der Waals surface area contributed by atoms with Gasteiger partial charge in [-0.05, 0) is 31.7 Å². The maximum absolute atomic E-state index is 11.4. The number of esters is 1. The molecule has 0 aromatic rings. The second-order valence-corrected chi connectivity index (χ2v) is 7.47. The Morgan fingerprint density at radius 2 is 2.11 bits per heavy atom. The van der Waals surface area contributed by atoms with Crippen LogP contribution in [0, 0.1) is 11.8 Å². The molecule has 1 saturated carbocycles. The fraction of sp³-hybridized carbons (Fsp3) is 0.923. The maximum atomic E-state index is 11.4. The van der Waals surface area contributed by atoms with Crippen LogP contribution in [0.1, 0.15) is 45.4 Å². The van der Waals surface area contributed by atoms with Gasteiger partial charge in [0.2, 0.25) is 10.0 Å². The second kappa shape index (κ2) is 7.85. The lowest BCUT2D eigenvalue weighted by molar-refractivity contribution is -0.143. The molecule has 6 heteroatoms. The van der Waals surface area contributed by atoms with Crippen LogP contribution >= 0.6 is 0 Å². The van der Waals surface area contributed by atoms with Crippen LogP contribution in [0.5, 0.6) is 0 Å². The van der Waals surface area contributed by atoms with Crippen LogP contribution in [0.25, 0.3) is 0 Å². The fourth-order valence-electron chi connectivity index (χ4n) is 2.55. The number of carbonyl (C=O) groups excluding carboxylic acids is 1. The van der Waals surface area contributed by atoms with Gasteiger partial charge in [0.15, 0.2) is 0 Å². The average Bonchev–Trinajstić information content (AvgIpc) is 2.37. The van der Waals surface area contributed by atoms with E-state index in [0.29, 0.717) is 12.5 Å². The molecule has 0 bridgehead atoms. The molecule has 0 aromatic carbocycles. The Hall–Kier alpha value is -0.620. The van der Waals surface area contributed by atoms with Crippen LogP contribution in [0.4, 0.5) is 0 Å². The quantitative estimate of drug-likeness (QED) is 0.724. The zero-order valence-corrected chi connectivity index (χ0v) is 12.7. The highest BCUT2D eigenvalue weighted by molar-refractivity contribution is 7.89. The van der Waals surface area contributed by atoms with Crippen molar-refractivity contribution in [3.63, 3.8) is 0 Å². The highest BCUT2D eigenvalue weighted by atomic mass is 32.2. The molecule has 1 fully saturated rings. The highest BCUT2D eigenvalue weighted by Gasteiger charge is 2.19. The number of hydrogen-bond acceptors (Lipinski definition) is 4. The zero-order chi connectivity index (χ0) is 14.3. The van der Waals surface area contributed by atoms with Crippen molar-refractivity contribution in [1.29, 1.82) is 0 Å². The highest BCUT2D eigenvalue weighted by Crippen LogP contribution is 2.30. The molecule has 0 aliphatic heterocycles. The third kappa shape index (κ3) is 6.92. The minimum atomic E-state index is -3.32. The van der Waals surface area contributed by atoms with Gasteiger partial charge in [0.05, 0.1) is 18.8 Å². The van der Waals surface area contributed by atoms with Crippen molar-refractivity contribution in [2.75, 3.05) is 19.4 Å². The molecule has 1 aliphatic rings. The van der Waals surface area contributed by atoms with Crippen molar-refractivity contribution in [1.82, 2.24) is 4.72 Å². The van der Waals surface area contributed by atoms with Gasteiger partial charge in [0.1, 0.15) is 0 Å². The first-order valence-corrected chi connectivity index (χ1v) is 8.65. The van der Waals surface area contributed by atoms with Crippen LogP contribution in [-0.4, -0.2) is 33.8 Å². The van der Waals surface area contributed by atoms with Crippen molar-refractivity contribution in [3.8, 4) is 0 Å². The van der Waals surface area contributed by atoms with Gasteiger partial charge in [-0.3, -0.25) is 4.79 Å². The summed E-state index contributed by atoms with van der Waals surface area (Å²) in [7, 11) is -1.98. The first kappa shape index (κ1) is 16.4. The molecule has 1 rings (SSSR count). The molecule has 0 spiro atoms. The molecular formula is C13H25NO4S. The molecule has 19 heavy (non-hydrogen) atoms. The van der Waals surface area contributed by atoms with Crippen molar-refractivity contribution >= 4 is 16.0 Å². The van der Waals surface area contributed by atoms with E-state index in [1.807, 2.05) is 0 Å². The summed E-state index contributed by atoms with van der Waals surface area (Å²) in [5.41, 5.74) is 0. The molecule has 0 heterocycles. The predicted molar refractivity (Wildman–Crippen MR) is 74.2 cm³/mol. The monoisotopic (exact) mass is 291 g/mol. The number of rotatable bonds is 7. The number of sulfonamides is 1. The Kier molecular flexibility index (Phi) is 6.79. The molecule has 5 nitrogen and oxygen atoms in total. The summed E-state index contributed by atoms with van der Waals surface area (Å²) in [6, 6.07) is 0. The van der Waals surface area contributed by atoms with Gasteiger partial charge in [-0.1, -0.05) is 26.2 Å². The first-order valence-electron chi connectivity index (χ1n) is 7.00. The van der Waals surface area contributed by atoms with Gasteiger partial charge in [0.25, 0.3) is 0 Å². The number of carbonyl (C=O) groups is 1. The van der Waals surface area contributed by atoms with Crippen molar-refractivity contribution < 1.29 is 17.9 Å². The van der Waals surface area contributed by atoms with Crippen LogP contribution in [-0.2, 0) is 19.6 Å². The summed E-state index contributed by atoms with van der Waals surface area (Å²) in [4.78, 5) is 11.4. The van der Waals surface area contributed by atoms with E-state index in [9.17, 15) is 13.2 Å². The van der Waals surface area contributed by atoms with E-state index >= 15 is 0 Å². The molecular weight excluding hydrogens is 266 g/mol. The van der Waals surface area contributed by atoms with E-state index in [2.05, 4.69) is 11.6 Å². The SMILES string of the molecule is CNS(=O)(=O)CCC(=O)OCC[C@H]1CCC[C@H](C)C1. The largest absolute Gasteiger partial charge is 0.466 e. The van der Waals surface area contributed by atoms with Gasteiger partial charge in [-0.15, -0.1) is 0 Å².